The van der Waals surface area contributed by atoms with Gasteiger partial charge >= 0.3 is 5.97 Å². The third-order valence-corrected chi connectivity index (χ3v) is 5.05. The normalized spacial score (nSPS) is 10.7. The van der Waals surface area contributed by atoms with Crippen LogP contribution in [-0.4, -0.2) is 29.3 Å². The van der Waals surface area contributed by atoms with Crippen LogP contribution in [0.2, 0.25) is 0 Å². The van der Waals surface area contributed by atoms with E-state index in [-0.39, 0.29) is 5.69 Å². The second kappa shape index (κ2) is 8.10. The highest BCUT2D eigenvalue weighted by atomic mass is 32.1. The number of aromatic nitrogens is 1. The molecule has 1 N–H and O–H groups in total. The summed E-state index contributed by atoms with van der Waals surface area (Å²) in [6, 6.07) is 21.6. The largest absolute Gasteiger partial charge is 0.490 e. The summed E-state index contributed by atoms with van der Waals surface area (Å²) in [7, 11) is 0. The van der Waals surface area contributed by atoms with E-state index in [2.05, 4.69) is 11.1 Å². The predicted octanol–water partition coefficient (Wildman–Crippen LogP) is 5.12. The number of nitrogens with zero attached hydrogens (tertiary/aromatic N) is 1. The maximum atomic E-state index is 11.1. The van der Waals surface area contributed by atoms with Gasteiger partial charge in [-0.05, 0) is 35.0 Å². The molecule has 0 aliphatic carbocycles. The van der Waals surface area contributed by atoms with Gasteiger partial charge in [0.15, 0.2) is 5.69 Å². The number of hydrogen-bond donors (Lipinski definition) is 1. The number of carboxylic acids is 1. The van der Waals surface area contributed by atoms with Crippen LogP contribution in [0.4, 0.5) is 0 Å². The van der Waals surface area contributed by atoms with Crippen molar-refractivity contribution < 1.29 is 19.4 Å². The topological polar surface area (TPSA) is 68.7 Å². The number of carboxylic acid groups (broad SMARTS) is 1. The van der Waals surface area contributed by atoms with Crippen molar-refractivity contribution in [2.45, 2.75) is 0 Å². The number of hydrogen-bond acceptors (Lipinski definition) is 5. The number of aromatic carboxylic acids is 1. The zero-order valence-corrected chi connectivity index (χ0v) is 15.7. The van der Waals surface area contributed by atoms with Crippen LogP contribution in [0.15, 0.2) is 72.1 Å². The van der Waals surface area contributed by atoms with E-state index in [1.807, 2.05) is 60.7 Å². The summed E-state index contributed by atoms with van der Waals surface area (Å²) in [5.41, 5.74) is 0.806. The monoisotopic (exact) mass is 391 g/mol. The highest BCUT2D eigenvalue weighted by Crippen LogP contribution is 2.32. The highest BCUT2D eigenvalue weighted by Gasteiger charge is 2.13. The fourth-order valence-corrected chi connectivity index (χ4v) is 3.66. The minimum atomic E-state index is -1.04. The first kappa shape index (κ1) is 18.0. The summed E-state index contributed by atoms with van der Waals surface area (Å²) < 4.78 is 11.7. The summed E-state index contributed by atoms with van der Waals surface area (Å²) in [6.45, 7) is 0.756. The Morgan fingerprint density at radius 1 is 0.929 bits per heavy atom. The van der Waals surface area contributed by atoms with Crippen molar-refractivity contribution in [1.29, 1.82) is 0 Å². The Morgan fingerprint density at radius 3 is 2.50 bits per heavy atom. The third kappa shape index (κ3) is 3.97. The van der Waals surface area contributed by atoms with Crippen LogP contribution < -0.4 is 9.47 Å². The van der Waals surface area contributed by atoms with Gasteiger partial charge in [0.05, 0.1) is 5.56 Å². The Balaban J connectivity index is 1.40. The van der Waals surface area contributed by atoms with Gasteiger partial charge in [-0.15, -0.1) is 11.3 Å². The van der Waals surface area contributed by atoms with Crippen LogP contribution in [0.5, 0.6) is 11.5 Å². The number of ether oxygens (including phenoxy) is 2. The first-order valence-electron chi connectivity index (χ1n) is 8.73. The molecule has 4 rings (SSSR count). The molecule has 0 radical (unpaired) electrons. The fraction of sp³-hybridized carbons (Fsp3) is 0.0909. The highest BCUT2D eigenvalue weighted by molar-refractivity contribution is 7.13. The van der Waals surface area contributed by atoms with E-state index in [9.17, 15) is 4.79 Å². The van der Waals surface area contributed by atoms with Gasteiger partial charge in [0.25, 0.3) is 0 Å². The minimum Gasteiger partial charge on any atom is -0.490 e. The second-order valence-corrected chi connectivity index (χ2v) is 6.90. The first-order chi connectivity index (χ1) is 13.7. The number of fused-ring (bicyclic) bond motifs is 1. The van der Waals surface area contributed by atoms with Crippen molar-refractivity contribution in [1.82, 2.24) is 4.98 Å². The smallest absolute Gasteiger partial charge is 0.355 e. The van der Waals surface area contributed by atoms with Crippen molar-refractivity contribution in [3.8, 4) is 22.1 Å². The second-order valence-electron chi connectivity index (χ2n) is 6.05. The molecule has 0 fully saturated rings. The molecule has 140 valence electrons. The van der Waals surface area contributed by atoms with Gasteiger partial charge in [0, 0.05) is 5.38 Å². The molecule has 3 aromatic carbocycles. The molecule has 0 bridgehead atoms. The van der Waals surface area contributed by atoms with Crippen molar-refractivity contribution in [2.24, 2.45) is 0 Å². The molecule has 1 aromatic heterocycles. The Labute approximate surface area is 165 Å². The number of thiazole rings is 1. The van der Waals surface area contributed by atoms with Gasteiger partial charge in [-0.3, -0.25) is 0 Å². The molecule has 0 spiro atoms. The predicted molar refractivity (Wildman–Crippen MR) is 109 cm³/mol. The molecule has 0 saturated heterocycles. The molecule has 0 unspecified atom stereocenters. The molecule has 0 saturated carbocycles. The Bertz CT molecular complexity index is 1120. The zero-order valence-electron chi connectivity index (χ0n) is 14.9. The summed E-state index contributed by atoms with van der Waals surface area (Å²) in [4.78, 5) is 15.2. The maximum Gasteiger partial charge on any atom is 0.355 e. The summed E-state index contributed by atoms with van der Waals surface area (Å²) in [6.07, 6.45) is 0. The number of carbonyl (C=O) groups is 1. The summed E-state index contributed by atoms with van der Waals surface area (Å²) in [5, 5.41) is 13.5. The van der Waals surface area contributed by atoms with Gasteiger partial charge in [-0.25, -0.2) is 9.78 Å². The zero-order chi connectivity index (χ0) is 19.3. The average molecular weight is 391 g/mol. The van der Waals surface area contributed by atoms with E-state index >= 15 is 0 Å². The fourth-order valence-electron chi connectivity index (χ4n) is 2.83. The Hall–Kier alpha value is -3.38. The molecule has 0 aliphatic rings. The van der Waals surface area contributed by atoms with Crippen molar-refractivity contribution >= 4 is 28.1 Å². The van der Waals surface area contributed by atoms with Crippen molar-refractivity contribution in [2.75, 3.05) is 13.2 Å². The van der Waals surface area contributed by atoms with Crippen LogP contribution >= 0.6 is 11.3 Å². The number of benzene rings is 3. The van der Waals surface area contributed by atoms with Crippen LogP contribution in [0.3, 0.4) is 0 Å². The molecule has 28 heavy (non-hydrogen) atoms. The van der Waals surface area contributed by atoms with E-state index in [4.69, 9.17) is 14.6 Å². The number of para-hydroxylation sites is 1. The van der Waals surface area contributed by atoms with Crippen LogP contribution in [0, 0.1) is 0 Å². The molecule has 5 nitrogen and oxygen atoms in total. The lowest BCUT2D eigenvalue weighted by atomic mass is 10.1. The minimum absolute atomic E-state index is 0.0365. The van der Waals surface area contributed by atoms with Crippen molar-refractivity contribution in [3.05, 3.63) is 77.8 Å². The molecular formula is C22H17NO4S. The van der Waals surface area contributed by atoms with Gasteiger partial charge in [0.1, 0.15) is 29.7 Å². The lowest BCUT2D eigenvalue weighted by molar-refractivity contribution is 0.0691. The van der Waals surface area contributed by atoms with Gasteiger partial charge in [0.2, 0.25) is 0 Å². The quantitative estimate of drug-likeness (QED) is 0.443. The third-order valence-electron chi connectivity index (χ3n) is 4.17. The molecule has 1 heterocycles. The van der Waals surface area contributed by atoms with Gasteiger partial charge in [-0.2, -0.15) is 0 Å². The SMILES string of the molecule is O=C(O)c1csc(-c2ccccc2OCCOc2ccc3ccccc3c2)n1. The Kier molecular flexibility index (Phi) is 5.21. The van der Waals surface area contributed by atoms with E-state index < -0.39 is 5.97 Å². The average Bonchev–Trinajstić information content (AvgIpc) is 3.22. The van der Waals surface area contributed by atoms with Crippen LogP contribution in [-0.2, 0) is 0 Å². The van der Waals surface area contributed by atoms with Crippen molar-refractivity contribution in [3.63, 3.8) is 0 Å². The van der Waals surface area contributed by atoms with Crippen LogP contribution in [0.1, 0.15) is 10.5 Å². The molecule has 0 atom stereocenters. The molecular weight excluding hydrogens is 374 g/mol. The standard InChI is InChI=1S/C22H17NO4S/c24-22(25)19-14-28-21(23-19)18-7-3-4-8-20(18)27-12-11-26-17-10-9-15-5-1-2-6-16(15)13-17/h1-10,13-14H,11-12H2,(H,24,25). The number of rotatable bonds is 7. The maximum absolute atomic E-state index is 11.1. The van der Waals surface area contributed by atoms with E-state index in [1.54, 1.807) is 0 Å². The Morgan fingerprint density at radius 2 is 1.68 bits per heavy atom. The van der Waals surface area contributed by atoms with E-state index in [0.717, 1.165) is 16.7 Å². The molecule has 0 aliphatic heterocycles. The van der Waals surface area contributed by atoms with Gasteiger partial charge in [-0.1, -0.05) is 42.5 Å². The molecule has 6 heteroatoms. The lowest BCUT2D eigenvalue weighted by Gasteiger charge is -2.11. The van der Waals surface area contributed by atoms with E-state index in [0.29, 0.717) is 24.0 Å². The lowest BCUT2D eigenvalue weighted by Crippen LogP contribution is -2.09. The molecule has 4 aromatic rings. The summed E-state index contributed by atoms with van der Waals surface area (Å²) in [5.74, 6) is 0.405. The van der Waals surface area contributed by atoms with Gasteiger partial charge < -0.3 is 14.6 Å². The van der Waals surface area contributed by atoms with Crippen LogP contribution in [0.25, 0.3) is 21.3 Å². The molecule has 0 amide bonds. The first-order valence-corrected chi connectivity index (χ1v) is 9.61. The summed E-state index contributed by atoms with van der Waals surface area (Å²) >= 11 is 1.28. The van der Waals surface area contributed by atoms with E-state index in [1.165, 1.54) is 22.1 Å².